The molecule has 5 rings (SSSR count). The standard InChI is InChI=1S/C33H41F2N7O9/c1-2-50-33(49)40-14-12-39(13-15-40)32(48)24(9-10-29(44)45)37-30(46)25-17-28(42(38-25)21-7-8-22(34)23(35)16-21)51-19-27(43)41-11-3-4-26(41)31(47)36-18-20-5-6-20/h7-8,16-17,20,24,26H,2-6,9-15,18-19H2,1H3,(H,36,47)(H,37,46)(H,44,45)/t24-,26-/m0/s1. The lowest BCUT2D eigenvalue weighted by Crippen LogP contribution is -2.56. The lowest BCUT2D eigenvalue weighted by Gasteiger charge is -2.35. The van der Waals surface area contributed by atoms with Gasteiger partial charge in [-0.2, -0.15) is 5.10 Å². The van der Waals surface area contributed by atoms with Crippen LogP contribution in [0.2, 0.25) is 0 Å². The highest BCUT2D eigenvalue weighted by Gasteiger charge is 2.36. The second-order valence-electron chi connectivity index (χ2n) is 12.6. The monoisotopic (exact) mass is 717 g/mol. The van der Waals surface area contributed by atoms with E-state index in [1.165, 1.54) is 20.8 Å². The number of carboxylic acid groups (broad SMARTS) is 1. The Morgan fingerprint density at radius 3 is 2.37 bits per heavy atom. The zero-order valence-electron chi connectivity index (χ0n) is 28.1. The molecule has 0 bridgehead atoms. The van der Waals surface area contributed by atoms with Gasteiger partial charge in [0.25, 0.3) is 11.8 Å². The third kappa shape index (κ3) is 9.49. The number of nitrogens with zero attached hydrogens (tertiary/aromatic N) is 5. The van der Waals surface area contributed by atoms with E-state index in [0.29, 0.717) is 31.8 Å². The summed E-state index contributed by atoms with van der Waals surface area (Å²) in [6, 6.07) is 2.03. The number of carbonyl (C=O) groups excluding carboxylic acids is 5. The van der Waals surface area contributed by atoms with Gasteiger partial charge >= 0.3 is 12.1 Å². The maximum Gasteiger partial charge on any atom is 0.409 e. The van der Waals surface area contributed by atoms with Gasteiger partial charge in [0.2, 0.25) is 17.7 Å². The van der Waals surface area contributed by atoms with E-state index in [2.05, 4.69) is 15.7 Å². The van der Waals surface area contributed by atoms with Crippen LogP contribution >= 0.6 is 0 Å². The summed E-state index contributed by atoms with van der Waals surface area (Å²) in [5, 5.41) is 18.9. The first-order valence-electron chi connectivity index (χ1n) is 16.9. The minimum atomic E-state index is -1.29. The third-order valence-electron chi connectivity index (χ3n) is 8.91. The molecule has 51 heavy (non-hydrogen) atoms. The first-order chi connectivity index (χ1) is 24.4. The summed E-state index contributed by atoms with van der Waals surface area (Å²) < 4.78 is 39.8. The van der Waals surface area contributed by atoms with E-state index >= 15 is 0 Å². The van der Waals surface area contributed by atoms with Crippen molar-refractivity contribution >= 4 is 35.7 Å². The lowest BCUT2D eigenvalue weighted by molar-refractivity contribution is -0.140. The molecule has 2 saturated heterocycles. The fourth-order valence-corrected chi connectivity index (χ4v) is 5.92. The number of aromatic nitrogens is 2. The molecule has 3 heterocycles. The molecule has 2 aromatic rings. The average molecular weight is 718 g/mol. The van der Waals surface area contributed by atoms with E-state index in [-0.39, 0.29) is 62.4 Å². The minimum absolute atomic E-state index is 0.0492. The van der Waals surface area contributed by atoms with Gasteiger partial charge in [-0.05, 0) is 57.1 Å². The fraction of sp³-hybridized carbons (Fsp3) is 0.545. The molecular weight excluding hydrogens is 676 g/mol. The Labute approximate surface area is 292 Å². The number of carbonyl (C=O) groups is 6. The Morgan fingerprint density at radius 2 is 1.71 bits per heavy atom. The smallest absolute Gasteiger partial charge is 0.409 e. The highest BCUT2D eigenvalue weighted by atomic mass is 19.2. The molecule has 1 aromatic heterocycles. The summed E-state index contributed by atoms with van der Waals surface area (Å²) in [5.74, 6) is -5.51. The molecular formula is C33H41F2N7O9. The number of amides is 5. The molecule has 2 atom stereocenters. The number of benzene rings is 1. The van der Waals surface area contributed by atoms with Gasteiger partial charge in [-0.15, -0.1) is 0 Å². The number of piperazine rings is 1. The molecule has 16 nitrogen and oxygen atoms in total. The summed E-state index contributed by atoms with van der Waals surface area (Å²) in [6.07, 6.45) is 1.99. The van der Waals surface area contributed by atoms with Gasteiger partial charge in [0.1, 0.15) is 12.1 Å². The third-order valence-corrected chi connectivity index (χ3v) is 8.91. The Balaban J connectivity index is 1.31. The zero-order valence-corrected chi connectivity index (χ0v) is 28.1. The average Bonchev–Trinajstić information content (AvgIpc) is 3.63. The van der Waals surface area contributed by atoms with Gasteiger partial charge in [0.05, 0.1) is 12.3 Å². The first kappa shape index (κ1) is 37.0. The highest BCUT2D eigenvalue weighted by molar-refractivity contribution is 5.96. The molecule has 18 heteroatoms. The summed E-state index contributed by atoms with van der Waals surface area (Å²) in [6.45, 7) is 2.77. The SMILES string of the molecule is CCOC(=O)N1CCN(C(=O)[C@H](CCC(=O)O)NC(=O)c2cc(OCC(=O)N3CCC[C@H]3C(=O)NCC3CC3)n(-c3ccc(F)c(F)c3)n2)CC1. The van der Waals surface area contributed by atoms with E-state index in [1.807, 2.05) is 0 Å². The first-order valence-corrected chi connectivity index (χ1v) is 16.9. The lowest BCUT2D eigenvalue weighted by atomic mass is 10.1. The Bertz CT molecular complexity index is 1640. The van der Waals surface area contributed by atoms with Crippen LogP contribution in [0.5, 0.6) is 5.88 Å². The van der Waals surface area contributed by atoms with Gasteiger partial charge < -0.3 is 39.9 Å². The van der Waals surface area contributed by atoms with Crippen molar-refractivity contribution in [2.45, 2.75) is 57.5 Å². The van der Waals surface area contributed by atoms with Crippen LogP contribution in [0, 0.1) is 17.6 Å². The number of carboxylic acids is 1. The maximum absolute atomic E-state index is 14.3. The molecule has 2 aliphatic heterocycles. The van der Waals surface area contributed by atoms with Crippen LogP contribution in [0.25, 0.3) is 5.69 Å². The topological polar surface area (TPSA) is 193 Å². The maximum atomic E-state index is 14.3. The van der Waals surface area contributed by atoms with Gasteiger partial charge in [-0.1, -0.05) is 0 Å². The number of ether oxygens (including phenoxy) is 2. The molecule has 3 N–H and O–H groups in total. The molecule has 0 unspecified atom stereocenters. The van der Waals surface area contributed by atoms with Crippen LogP contribution in [0.3, 0.4) is 0 Å². The normalized spacial score (nSPS) is 17.9. The van der Waals surface area contributed by atoms with Crippen LogP contribution in [0.15, 0.2) is 24.3 Å². The zero-order chi connectivity index (χ0) is 36.7. The number of hydrogen-bond donors (Lipinski definition) is 3. The van der Waals surface area contributed by atoms with Crippen molar-refractivity contribution in [3.05, 3.63) is 41.6 Å². The van der Waals surface area contributed by atoms with Crippen molar-refractivity contribution < 1.29 is 52.1 Å². The minimum Gasteiger partial charge on any atom is -0.481 e. The van der Waals surface area contributed by atoms with Crippen molar-refractivity contribution in [1.82, 2.24) is 35.1 Å². The number of likely N-dealkylation sites (tertiary alicyclic amines) is 1. The number of nitrogens with one attached hydrogen (secondary N) is 2. The van der Waals surface area contributed by atoms with Crippen molar-refractivity contribution in [2.75, 3.05) is 52.5 Å². The largest absolute Gasteiger partial charge is 0.481 e. The van der Waals surface area contributed by atoms with Crippen LogP contribution in [-0.2, 0) is 23.9 Å². The predicted octanol–water partition coefficient (Wildman–Crippen LogP) is 1.31. The van der Waals surface area contributed by atoms with Crippen molar-refractivity contribution in [3.63, 3.8) is 0 Å². The fourth-order valence-electron chi connectivity index (χ4n) is 5.92. The molecule has 0 radical (unpaired) electrons. The number of rotatable bonds is 14. The summed E-state index contributed by atoms with van der Waals surface area (Å²) in [4.78, 5) is 80.7. The van der Waals surface area contributed by atoms with E-state index < -0.39 is 66.5 Å². The van der Waals surface area contributed by atoms with Crippen LogP contribution in [0.1, 0.15) is 55.9 Å². The van der Waals surface area contributed by atoms with Gasteiger partial charge in [-0.3, -0.25) is 24.0 Å². The van der Waals surface area contributed by atoms with Gasteiger partial charge in [0.15, 0.2) is 23.9 Å². The molecule has 276 valence electrons. The van der Waals surface area contributed by atoms with Gasteiger partial charge in [-0.25, -0.2) is 18.3 Å². The summed E-state index contributed by atoms with van der Waals surface area (Å²) in [5.41, 5.74) is -0.382. The molecule has 1 saturated carbocycles. The van der Waals surface area contributed by atoms with Crippen molar-refractivity contribution in [1.29, 1.82) is 0 Å². The van der Waals surface area contributed by atoms with E-state index in [9.17, 15) is 42.7 Å². The van der Waals surface area contributed by atoms with E-state index in [0.717, 1.165) is 35.7 Å². The second-order valence-corrected chi connectivity index (χ2v) is 12.6. The number of halogens is 2. The molecule has 1 aromatic carbocycles. The van der Waals surface area contributed by atoms with Crippen LogP contribution in [0.4, 0.5) is 13.6 Å². The molecule has 3 fully saturated rings. The van der Waals surface area contributed by atoms with Gasteiger partial charge in [0, 0.05) is 57.8 Å². The Kier molecular flexibility index (Phi) is 12.0. The van der Waals surface area contributed by atoms with Crippen molar-refractivity contribution in [3.8, 4) is 11.6 Å². The van der Waals surface area contributed by atoms with E-state index in [4.69, 9.17) is 9.47 Å². The highest BCUT2D eigenvalue weighted by Crippen LogP contribution is 2.28. The Morgan fingerprint density at radius 1 is 0.980 bits per heavy atom. The van der Waals surface area contributed by atoms with Crippen LogP contribution in [-0.4, -0.2) is 130 Å². The molecule has 1 aliphatic carbocycles. The molecule has 5 amide bonds. The predicted molar refractivity (Wildman–Crippen MR) is 173 cm³/mol. The quantitative estimate of drug-likeness (QED) is 0.257. The summed E-state index contributed by atoms with van der Waals surface area (Å²) in [7, 11) is 0. The summed E-state index contributed by atoms with van der Waals surface area (Å²) >= 11 is 0. The molecule has 0 spiro atoms. The van der Waals surface area contributed by atoms with Crippen molar-refractivity contribution in [2.24, 2.45) is 5.92 Å². The second kappa shape index (κ2) is 16.6. The number of hydrogen-bond acceptors (Lipinski definition) is 9. The number of aliphatic carboxylic acids is 1. The van der Waals surface area contributed by atoms with Crippen LogP contribution < -0.4 is 15.4 Å². The Hall–Kier alpha value is -5.29. The molecule has 3 aliphatic rings. The van der Waals surface area contributed by atoms with E-state index in [1.54, 1.807) is 6.92 Å².